The molecule has 0 saturated carbocycles. The molecule has 37 heavy (non-hydrogen) atoms. The van der Waals surface area contributed by atoms with Crippen molar-refractivity contribution in [3.8, 4) is 17.0 Å². The fourth-order valence-electron chi connectivity index (χ4n) is 4.93. The number of rotatable bonds is 6. The van der Waals surface area contributed by atoms with Crippen molar-refractivity contribution in [1.29, 1.82) is 0 Å². The van der Waals surface area contributed by atoms with Gasteiger partial charge in [-0.3, -0.25) is 4.79 Å². The van der Waals surface area contributed by atoms with Crippen molar-refractivity contribution in [3.05, 3.63) is 60.4 Å². The third-order valence-corrected chi connectivity index (χ3v) is 8.76. The predicted molar refractivity (Wildman–Crippen MR) is 142 cm³/mol. The van der Waals surface area contributed by atoms with E-state index in [0.717, 1.165) is 46.9 Å². The maximum absolute atomic E-state index is 13.4. The molecular formula is C27H31N5O4S. The van der Waals surface area contributed by atoms with Crippen LogP contribution in [0.15, 0.2) is 59.8 Å². The fraction of sp³-hybridized carbons (Fsp3) is 0.370. The molecule has 3 aromatic rings. The molecule has 0 unspecified atom stereocenters. The molecule has 10 heteroatoms. The van der Waals surface area contributed by atoms with E-state index in [1.807, 2.05) is 37.3 Å². The number of nitrogens with zero attached hydrogens (tertiary/aromatic N) is 5. The minimum Gasteiger partial charge on any atom is -0.494 e. The highest BCUT2D eigenvalue weighted by atomic mass is 32.2. The van der Waals surface area contributed by atoms with Crippen LogP contribution in [-0.4, -0.2) is 67.9 Å². The fourth-order valence-corrected chi connectivity index (χ4v) is 6.41. The quantitative estimate of drug-likeness (QED) is 0.491. The number of hydrogen-bond donors (Lipinski definition) is 0. The zero-order valence-corrected chi connectivity index (χ0v) is 21.9. The Balaban J connectivity index is 1.28. The topological polar surface area (TPSA) is 95.9 Å². The molecular weight excluding hydrogens is 490 g/mol. The van der Waals surface area contributed by atoms with Gasteiger partial charge in [-0.05, 0) is 67.8 Å². The van der Waals surface area contributed by atoms with Gasteiger partial charge in [0.15, 0.2) is 0 Å². The summed E-state index contributed by atoms with van der Waals surface area (Å²) in [5.41, 5.74) is 3.49. The van der Waals surface area contributed by atoms with Crippen LogP contribution in [0.2, 0.25) is 0 Å². The molecule has 5 rings (SSSR count). The third kappa shape index (κ3) is 5.17. The van der Waals surface area contributed by atoms with E-state index in [9.17, 15) is 13.2 Å². The molecule has 9 nitrogen and oxygen atoms in total. The van der Waals surface area contributed by atoms with Crippen LogP contribution in [0.25, 0.3) is 11.3 Å². The average molecular weight is 522 g/mol. The van der Waals surface area contributed by atoms with Crippen molar-refractivity contribution < 1.29 is 17.9 Å². The molecule has 1 aromatic heterocycles. The maximum atomic E-state index is 13.4. The second-order valence-corrected chi connectivity index (χ2v) is 11.1. The monoisotopic (exact) mass is 521 g/mol. The Morgan fingerprint density at radius 2 is 1.73 bits per heavy atom. The number of anilines is 2. The van der Waals surface area contributed by atoms with E-state index < -0.39 is 10.0 Å². The van der Waals surface area contributed by atoms with Gasteiger partial charge in [0.2, 0.25) is 15.9 Å². The normalized spacial score (nSPS) is 16.4. The Bertz CT molecular complexity index is 1390. The van der Waals surface area contributed by atoms with Gasteiger partial charge in [0.25, 0.3) is 0 Å². The highest BCUT2D eigenvalue weighted by molar-refractivity contribution is 7.89. The van der Waals surface area contributed by atoms with E-state index in [-0.39, 0.29) is 10.8 Å². The number of hydrogen-bond acceptors (Lipinski definition) is 7. The molecule has 2 aliphatic rings. The van der Waals surface area contributed by atoms with E-state index in [0.29, 0.717) is 39.3 Å². The van der Waals surface area contributed by atoms with Gasteiger partial charge in [-0.2, -0.15) is 4.31 Å². The molecule has 0 aliphatic carbocycles. The van der Waals surface area contributed by atoms with Gasteiger partial charge in [-0.1, -0.05) is 0 Å². The van der Waals surface area contributed by atoms with Gasteiger partial charge in [0.05, 0.1) is 17.2 Å². The molecule has 1 saturated heterocycles. The van der Waals surface area contributed by atoms with Crippen molar-refractivity contribution in [2.75, 3.05) is 49.1 Å². The molecule has 2 aliphatic heterocycles. The lowest BCUT2D eigenvalue weighted by atomic mass is 10.0. The Morgan fingerprint density at radius 3 is 2.43 bits per heavy atom. The number of piperazine rings is 1. The first-order chi connectivity index (χ1) is 17.9. The van der Waals surface area contributed by atoms with Crippen molar-refractivity contribution in [1.82, 2.24) is 14.3 Å². The number of sulfonamides is 1. The van der Waals surface area contributed by atoms with Crippen LogP contribution in [0.4, 0.5) is 11.5 Å². The molecule has 0 N–H and O–H groups in total. The Hall–Kier alpha value is -3.50. The van der Waals surface area contributed by atoms with Crippen LogP contribution in [0.5, 0.6) is 5.75 Å². The van der Waals surface area contributed by atoms with E-state index in [1.54, 1.807) is 29.4 Å². The molecule has 1 fully saturated rings. The van der Waals surface area contributed by atoms with E-state index >= 15 is 0 Å². The van der Waals surface area contributed by atoms with Crippen LogP contribution in [0.3, 0.4) is 0 Å². The lowest BCUT2D eigenvalue weighted by Gasteiger charge is -2.35. The summed E-state index contributed by atoms with van der Waals surface area (Å²) < 4.78 is 33.9. The molecule has 3 heterocycles. The molecule has 0 spiro atoms. The number of carbonyl (C=O) groups is 1. The number of fused-ring (bicyclic) bond motifs is 1. The molecule has 0 atom stereocenters. The number of carbonyl (C=O) groups excluding carboxylic acids is 1. The van der Waals surface area contributed by atoms with Crippen molar-refractivity contribution in [2.24, 2.45) is 0 Å². The zero-order valence-electron chi connectivity index (χ0n) is 21.1. The van der Waals surface area contributed by atoms with Gasteiger partial charge >= 0.3 is 0 Å². The second-order valence-electron chi connectivity index (χ2n) is 9.17. The summed E-state index contributed by atoms with van der Waals surface area (Å²) >= 11 is 0. The number of ether oxygens (including phenoxy) is 1. The van der Waals surface area contributed by atoms with Crippen LogP contribution in [0.1, 0.15) is 25.8 Å². The van der Waals surface area contributed by atoms with Gasteiger partial charge in [-0.15, -0.1) is 0 Å². The molecule has 2 aromatic carbocycles. The molecule has 0 radical (unpaired) electrons. The first-order valence-electron chi connectivity index (χ1n) is 12.6. The summed E-state index contributed by atoms with van der Waals surface area (Å²) in [4.78, 5) is 24.9. The van der Waals surface area contributed by atoms with Gasteiger partial charge in [0, 0.05) is 57.0 Å². The first-order valence-corrected chi connectivity index (χ1v) is 14.0. The number of aromatic nitrogens is 2. The third-order valence-electron chi connectivity index (χ3n) is 6.86. The summed E-state index contributed by atoms with van der Waals surface area (Å²) in [5, 5.41) is 0. The number of aryl methyl sites for hydroxylation is 1. The second kappa shape index (κ2) is 10.5. The first kappa shape index (κ1) is 25.2. The largest absolute Gasteiger partial charge is 0.494 e. The molecule has 1 amide bonds. The summed E-state index contributed by atoms with van der Waals surface area (Å²) in [6.45, 7) is 6.56. The summed E-state index contributed by atoms with van der Waals surface area (Å²) in [6.07, 6.45) is 3.13. The highest BCUT2D eigenvalue weighted by Crippen LogP contribution is 2.31. The highest BCUT2D eigenvalue weighted by Gasteiger charge is 2.30. The lowest BCUT2D eigenvalue weighted by Crippen LogP contribution is -2.49. The Kier molecular flexibility index (Phi) is 7.12. The van der Waals surface area contributed by atoms with Gasteiger partial charge < -0.3 is 14.5 Å². The maximum Gasteiger partial charge on any atom is 0.243 e. The lowest BCUT2D eigenvalue weighted by molar-refractivity contribution is -0.116. The summed E-state index contributed by atoms with van der Waals surface area (Å²) in [5.74, 6) is 1.56. The van der Waals surface area contributed by atoms with Crippen LogP contribution >= 0.6 is 0 Å². The van der Waals surface area contributed by atoms with E-state index in [2.05, 4.69) is 14.9 Å². The van der Waals surface area contributed by atoms with E-state index in [1.165, 1.54) is 11.2 Å². The number of benzene rings is 2. The summed E-state index contributed by atoms with van der Waals surface area (Å²) in [6, 6.07) is 14.8. The Labute approximate surface area is 217 Å². The van der Waals surface area contributed by atoms with Gasteiger partial charge in [-0.25, -0.2) is 18.4 Å². The van der Waals surface area contributed by atoms with Gasteiger partial charge in [0.1, 0.15) is 17.9 Å². The molecule has 0 bridgehead atoms. The minimum absolute atomic E-state index is 0.0249. The van der Waals surface area contributed by atoms with Crippen LogP contribution in [-0.2, 0) is 21.2 Å². The average Bonchev–Trinajstić information content (AvgIpc) is 2.93. The Morgan fingerprint density at radius 1 is 0.973 bits per heavy atom. The summed E-state index contributed by atoms with van der Waals surface area (Å²) in [7, 11) is -3.64. The van der Waals surface area contributed by atoms with Crippen LogP contribution in [0, 0.1) is 0 Å². The van der Waals surface area contributed by atoms with Crippen molar-refractivity contribution in [3.63, 3.8) is 0 Å². The number of amides is 1. The van der Waals surface area contributed by atoms with Crippen LogP contribution < -0.4 is 14.5 Å². The van der Waals surface area contributed by atoms with Crippen molar-refractivity contribution in [2.45, 2.75) is 31.6 Å². The zero-order chi connectivity index (χ0) is 26.0. The van der Waals surface area contributed by atoms with Crippen molar-refractivity contribution >= 4 is 27.4 Å². The predicted octanol–water partition coefficient (Wildman–Crippen LogP) is 3.35. The van der Waals surface area contributed by atoms with E-state index in [4.69, 9.17) is 4.74 Å². The SMILES string of the molecule is CCOc1ccc(-c2cc(N3CCN(S(=O)(=O)c4ccc5c(c4)CCCN5C(C)=O)CC3)ncn2)cc1. The standard InChI is InChI=1S/C27H31N5O4S/c1-3-36-23-8-6-21(7-9-23)25-18-27(29-19-28-25)30-13-15-31(16-14-30)37(34,35)24-10-11-26-22(17-24)5-4-12-32(26)20(2)33/h6-11,17-19H,3-5,12-16H2,1-2H3. The molecule has 194 valence electrons. The smallest absolute Gasteiger partial charge is 0.243 e. The minimum atomic E-state index is -3.64.